The Morgan fingerprint density at radius 2 is 1.91 bits per heavy atom. The van der Waals surface area contributed by atoms with Gasteiger partial charge in [0.25, 0.3) is 0 Å². The van der Waals surface area contributed by atoms with Crippen molar-refractivity contribution in [2.45, 2.75) is 45.7 Å². The standard InChI is InChI=1S/C31H35ClN6O5/c1-18-4-11-24(43-15-12-25(40)33-13-14-39)23(16-18)30-37-28-26(38(30)17-20-5-9-22(32)10-6-20)27(34-19(2)21-7-8-21)35-29(36-28)31(41)42-3/h4-6,9-11,16,19,21,39H,7-8,12-15,17H2,1-3H3,(H,33,40)(H,34,35,36). The van der Waals surface area contributed by atoms with Crippen molar-refractivity contribution in [2.75, 3.05) is 32.2 Å². The number of anilines is 1. The van der Waals surface area contributed by atoms with Crippen molar-refractivity contribution >= 4 is 40.5 Å². The van der Waals surface area contributed by atoms with Crippen molar-refractivity contribution in [3.63, 3.8) is 0 Å². The molecule has 2 aromatic heterocycles. The number of nitrogens with zero attached hydrogens (tertiary/aromatic N) is 4. The summed E-state index contributed by atoms with van der Waals surface area (Å²) >= 11 is 6.18. The van der Waals surface area contributed by atoms with Gasteiger partial charge in [0.1, 0.15) is 17.1 Å². The van der Waals surface area contributed by atoms with E-state index >= 15 is 0 Å². The first-order chi connectivity index (χ1) is 20.8. The molecule has 5 rings (SSSR count). The van der Waals surface area contributed by atoms with Crippen molar-refractivity contribution in [1.29, 1.82) is 0 Å². The highest BCUT2D eigenvalue weighted by Crippen LogP contribution is 2.37. The Hall–Kier alpha value is -4.22. The topological polar surface area (TPSA) is 140 Å². The van der Waals surface area contributed by atoms with Gasteiger partial charge in [-0.25, -0.2) is 19.7 Å². The molecule has 1 aliphatic rings. The summed E-state index contributed by atoms with van der Waals surface area (Å²) in [6, 6.07) is 13.4. The van der Waals surface area contributed by atoms with Gasteiger partial charge < -0.3 is 29.8 Å². The molecule has 2 aromatic carbocycles. The SMILES string of the molecule is COC(=O)c1nc(NC(C)C2CC2)c2c(n1)nc(-c1cc(C)ccc1OCCC(=O)NCCO)n2Cc1ccc(Cl)cc1. The van der Waals surface area contributed by atoms with Gasteiger partial charge in [0.2, 0.25) is 11.7 Å². The minimum Gasteiger partial charge on any atom is -0.492 e. The van der Waals surface area contributed by atoms with Crippen LogP contribution in [0.2, 0.25) is 5.02 Å². The zero-order valence-corrected chi connectivity index (χ0v) is 25.1. The Morgan fingerprint density at radius 3 is 2.60 bits per heavy atom. The Kier molecular flexibility index (Phi) is 9.42. The number of fused-ring (bicyclic) bond motifs is 1. The normalized spacial score (nSPS) is 13.5. The molecule has 1 unspecified atom stereocenters. The highest BCUT2D eigenvalue weighted by atomic mass is 35.5. The minimum absolute atomic E-state index is 0.0854. The molecule has 0 saturated heterocycles. The third-order valence-corrected chi connectivity index (χ3v) is 7.57. The summed E-state index contributed by atoms with van der Waals surface area (Å²) in [6.07, 6.45) is 2.38. The number of carbonyl (C=O) groups is 2. The van der Waals surface area contributed by atoms with Crippen molar-refractivity contribution in [3.05, 3.63) is 64.4 Å². The summed E-state index contributed by atoms with van der Waals surface area (Å²) in [5.41, 5.74) is 3.62. The monoisotopic (exact) mass is 606 g/mol. The fourth-order valence-corrected chi connectivity index (χ4v) is 4.99. The van der Waals surface area contributed by atoms with Gasteiger partial charge in [-0.15, -0.1) is 0 Å². The first-order valence-corrected chi connectivity index (χ1v) is 14.6. The fraction of sp³-hybridized carbons (Fsp3) is 0.387. The van der Waals surface area contributed by atoms with E-state index in [1.165, 1.54) is 7.11 Å². The zero-order valence-electron chi connectivity index (χ0n) is 24.4. The van der Waals surface area contributed by atoms with Crippen LogP contribution in [-0.2, 0) is 16.1 Å². The summed E-state index contributed by atoms with van der Waals surface area (Å²) in [7, 11) is 1.29. The molecule has 4 aromatic rings. The second-order valence-electron chi connectivity index (χ2n) is 10.6. The van der Waals surface area contributed by atoms with E-state index in [0.29, 0.717) is 51.6 Å². The lowest BCUT2D eigenvalue weighted by Gasteiger charge is -2.18. The fourth-order valence-electron chi connectivity index (χ4n) is 4.86. The molecular weight excluding hydrogens is 572 g/mol. The van der Waals surface area contributed by atoms with E-state index in [2.05, 4.69) is 27.5 Å². The largest absolute Gasteiger partial charge is 0.492 e. The molecule has 43 heavy (non-hydrogen) atoms. The van der Waals surface area contributed by atoms with Crippen LogP contribution in [0.1, 0.15) is 47.9 Å². The van der Waals surface area contributed by atoms with Gasteiger partial charge in [-0.05, 0) is 62.4 Å². The van der Waals surface area contributed by atoms with Gasteiger partial charge in [0.05, 0.1) is 32.3 Å². The molecule has 3 N–H and O–H groups in total. The molecule has 0 aliphatic heterocycles. The molecule has 12 heteroatoms. The number of amides is 1. The van der Waals surface area contributed by atoms with E-state index in [1.54, 1.807) is 0 Å². The lowest BCUT2D eigenvalue weighted by Crippen LogP contribution is -2.27. The van der Waals surface area contributed by atoms with Crippen LogP contribution in [0.3, 0.4) is 0 Å². The number of methoxy groups -OCH3 is 1. The van der Waals surface area contributed by atoms with E-state index in [-0.39, 0.29) is 44.0 Å². The highest BCUT2D eigenvalue weighted by Gasteiger charge is 2.30. The number of imidazole rings is 1. The second kappa shape index (κ2) is 13.4. The lowest BCUT2D eigenvalue weighted by molar-refractivity contribution is -0.121. The number of hydrogen-bond donors (Lipinski definition) is 3. The first-order valence-electron chi connectivity index (χ1n) is 14.3. The third kappa shape index (κ3) is 7.23. The van der Waals surface area contributed by atoms with Crippen molar-refractivity contribution < 1.29 is 24.2 Å². The number of aryl methyl sites for hydroxylation is 1. The molecule has 1 aliphatic carbocycles. The van der Waals surface area contributed by atoms with E-state index in [1.807, 2.05) is 54.0 Å². The molecule has 0 spiro atoms. The minimum atomic E-state index is -0.656. The number of aliphatic hydroxyl groups is 1. The number of nitrogens with one attached hydrogen (secondary N) is 2. The maximum absolute atomic E-state index is 12.6. The van der Waals surface area contributed by atoms with Gasteiger partial charge in [-0.1, -0.05) is 35.4 Å². The molecule has 1 amide bonds. The molecule has 11 nitrogen and oxygen atoms in total. The summed E-state index contributed by atoms with van der Waals surface area (Å²) < 4.78 is 13.1. The van der Waals surface area contributed by atoms with Crippen LogP contribution in [0, 0.1) is 12.8 Å². The van der Waals surface area contributed by atoms with Crippen LogP contribution in [-0.4, -0.2) is 69.4 Å². The van der Waals surface area contributed by atoms with Gasteiger partial charge in [-0.2, -0.15) is 0 Å². The van der Waals surface area contributed by atoms with Crippen LogP contribution in [0.25, 0.3) is 22.6 Å². The quantitative estimate of drug-likeness (QED) is 0.189. The van der Waals surface area contributed by atoms with Crippen molar-refractivity contribution in [2.24, 2.45) is 5.92 Å². The molecular formula is C31H35ClN6O5. The average Bonchev–Trinajstić information content (AvgIpc) is 3.79. The Morgan fingerprint density at radius 1 is 1.14 bits per heavy atom. The van der Waals surface area contributed by atoms with Crippen LogP contribution in [0.4, 0.5) is 5.82 Å². The number of hydrogen-bond acceptors (Lipinski definition) is 9. The number of aliphatic hydroxyl groups excluding tert-OH is 1. The maximum Gasteiger partial charge on any atom is 0.376 e. The molecule has 226 valence electrons. The molecule has 0 bridgehead atoms. The summed E-state index contributed by atoms with van der Waals surface area (Å²) in [5.74, 6) is 1.15. The van der Waals surface area contributed by atoms with E-state index in [0.717, 1.165) is 24.0 Å². The number of rotatable bonds is 13. The number of halogens is 1. The van der Waals surface area contributed by atoms with Gasteiger partial charge >= 0.3 is 5.97 Å². The summed E-state index contributed by atoms with van der Waals surface area (Å²) in [4.78, 5) is 38.7. The summed E-state index contributed by atoms with van der Waals surface area (Å²) in [5, 5.41) is 15.8. The lowest BCUT2D eigenvalue weighted by atomic mass is 10.1. The van der Waals surface area contributed by atoms with Gasteiger partial charge in [0.15, 0.2) is 11.5 Å². The average molecular weight is 607 g/mol. The predicted molar refractivity (Wildman–Crippen MR) is 163 cm³/mol. The first kappa shape index (κ1) is 30.2. The summed E-state index contributed by atoms with van der Waals surface area (Å²) in [6.45, 7) is 4.67. The maximum atomic E-state index is 12.6. The second-order valence-corrected chi connectivity index (χ2v) is 11.1. The molecule has 1 saturated carbocycles. The van der Waals surface area contributed by atoms with Crippen LogP contribution < -0.4 is 15.4 Å². The molecule has 2 heterocycles. The van der Waals surface area contributed by atoms with E-state index in [4.69, 9.17) is 31.2 Å². The Bertz CT molecular complexity index is 1620. The van der Waals surface area contributed by atoms with Crippen LogP contribution in [0.15, 0.2) is 42.5 Å². The smallest absolute Gasteiger partial charge is 0.376 e. The van der Waals surface area contributed by atoms with Crippen molar-refractivity contribution in [3.8, 4) is 17.1 Å². The molecule has 0 radical (unpaired) electrons. The van der Waals surface area contributed by atoms with Crippen LogP contribution in [0.5, 0.6) is 5.75 Å². The number of esters is 1. The Labute approximate surface area is 254 Å². The third-order valence-electron chi connectivity index (χ3n) is 7.32. The number of ether oxygens (including phenoxy) is 2. The molecule has 1 atom stereocenters. The molecule has 1 fully saturated rings. The number of benzene rings is 2. The highest BCUT2D eigenvalue weighted by molar-refractivity contribution is 6.30. The van der Waals surface area contributed by atoms with Gasteiger partial charge in [0, 0.05) is 24.2 Å². The number of carbonyl (C=O) groups excluding carboxylic acids is 2. The van der Waals surface area contributed by atoms with E-state index in [9.17, 15) is 9.59 Å². The van der Waals surface area contributed by atoms with Gasteiger partial charge in [-0.3, -0.25) is 4.79 Å². The van der Waals surface area contributed by atoms with Crippen LogP contribution >= 0.6 is 11.6 Å². The Balaban J connectivity index is 1.64. The van der Waals surface area contributed by atoms with E-state index < -0.39 is 5.97 Å². The predicted octanol–water partition coefficient (Wildman–Crippen LogP) is 4.38. The zero-order chi connectivity index (χ0) is 30.5. The van der Waals surface area contributed by atoms with Crippen molar-refractivity contribution in [1.82, 2.24) is 24.8 Å². The number of aromatic nitrogens is 4.